The van der Waals surface area contributed by atoms with Gasteiger partial charge in [-0.1, -0.05) is 6.92 Å². The van der Waals surface area contributed by atoms with Gasteiger partial charge in [0.15, 0.2) is 0 Å². The van der Waals surface area contributed by atoms with Gasteiger partial charge in [0.2, 0.25) is 0 Å². The highest BCUT2D eigenvalue weighted by Gasteiger charge is 2.36. The Balaban J connectivity index is 2.59. The first-order valence-electron chi connectivity index (χ1n) is 3.86. The zero-order valence-electron chi connectivity index (χ0n) is 6.79. The number of ether oxygens (including phenoxy) is 1. The second-order valence-electron chi connectivity index (χ2n) is 2.87. The van der Waals surface area contributed by atoms with Crippen molar-refractivity contribution < 1.29 is 14.3 Å². The summed E-state index contributed by atoms with van der Waals surface area (Å²) >= 11 is 0. The van der Waals surface area contributed by atoms with E-state index in [1.807, 2.05) is 6.92 Å². The molecule has 0 aromatic heterocycles. The van der Waals surface area contributed by atoms with Gasteiger partial charge in [0.25, 0.3) is 0 Å². The first-order chi connectivity index (χ1) is 5.15. The predicted molar refractivity (Wildman–Crippen MR) is 39.0 cm³/mol. The van der Waals surface area contributed by atoms with Crippen LogP contribution in [0.5, 0.6) is 0 Å². The molecule has 0 spiro atoms. The van der Waals surface area contributed by atoms with E-state index in [-0.39, 0.29) is 17.9 Å². The minimum atomic E-state index is -0.486. The number of Topliss-reactive ketones (excluding diaryl/α,β-unsaturated/α-hetero) is 1. The van der Waals surface area contributed by atoms with Crippen molar-refractivity contribution in [3.63, 3.8) is 0 Å². The molecule has 1 aliphatic rings. The molecule has 0 saturated carbocycles. The molecular weight excluding hydrogens is 144 g/mol. The number of carbonyl (C=O) groups excluding carboxylic acids is 2. The maximum Gasteiger partial charge on any atom is 0.316 e. The molecule has 0 aliphatic carbocycles. The third-order valence-corrected chi connectivity index (χ3v) is 2.01. The minimum Gasteiger partial charge on any atom is -0.462 e. The van der Waals surface area contributed by atoms with Crippen LogP contribution >= 0.6 is 0 Å². The first kappa shape index (κ1) is 8.24. The van der Waals surface area contributed by atoms with Crippen molar-refractivity contribution in [3.8, 4) is 0 Å². The lowest BCUT2D eigenvalue weighted by Gasteiger charge is -2.01. The highest BCUT2D eigenvalue weighted by molar-refractivity contribution is 5.98. The molecule has 0 N–H and O–H groups in total. The van der Waals surface area contributed by atoms with Gasteiger partial charge in [0.1, 0.15) is 17.8 Å². The summed E-state index contributed by atoms with van der Waals surface area (Å²) in [5, 5.41) is 0. The van der Waals surface area contributed by atoms with Crippen LogP contribution in [-0.4, -0.2) is 17.9 Å². The maximum atomic E-state index is 10.9. The third kappa shape index (κ3) is 1.59. The van der Waals surface area contributed by atoms with Crippen molar-refractivity contribution in [1.82, 2.24) is 0 Å². The predicted octanol–water partition coefficient (Wildman–Crippen LogP) is 0.917. The molecule has 2 atom stereocenters. The summed E-state index contributed by atoms with van der Waals surface area (Å²) in [5.41, 5.74) is 0. The zero-order valence-corrected chi connectivity index (χ0v) is 6.79. The molecule has 0 amide bonds. The Kier molecular flexibility index (Phi) is 2.27. The Morgan fingerprint density at radius 2 is 2.36 bits per heavy atom. The molecule has 1 heterocycles. The Bertz CT molecular complexity index is 186. The molecule has 1 aliphatic heterocycles. The van der Waals surface area contributed by atoms with Gasteiger partial charge in [-0.2, -0.15) is 0 Å². The molecular formula is C8H12O3. The average Bonchev–Trinajstić information content (AvgIpc) is 2.30. The second-order valence-corrected chi connectivity index (χ2v) is 2.87. The quantitative estimate of drug-likeness (QED) is 0.441. The van der Waals surface area contributed by atoms with Crippen molar-refractivity contribution in [1.29, 1.82) is 0 Å². The lowest BCUT2D eigenvalue weighted by molar-refractivity contribution is -0.146. The van der Waals surface area contributed by atoms with Gasteiger partial charge in [0.05, 0.1) is 0 Å². The molecule has 0 aromatic carbocycles. The molecule has 1 fully saturated rings. The highest BCUT2D eigenvalue weighted by atomic mass is 16.6. The standard InChI is InChI=1S/C8H12O3/c1-3-6-4-7(5(2)9)8(10)11-6/h6-7H,3-4H2,1-2H3/t6-,7-/m1/s1. The monoisotopic (exact) mass is 156 g/mol. The summed E-state index contributed by atoms with van der Waals surface area (Å²) in [7, 11) is 0. The summed E-state index contributed by atoms with van der Waals surface area (Å²) in [6.07, 6.45) is 1.34. The van der Waals surface area contributed by atoms with Gasteiger partial charge in [-0.25, -0.2) is 0 Å². The van der Waals surface area contributed by atoms with Crippen molar-refractivity contribution in [2.75, 3.05) is 0 Å². The molecule has 3 heteroatoms. The second kappa shape index (κ2) is 3.03. The summed E-state index contributed by atoms with van der Waals surface area (Å²) < 4.78 is 4.92. The van der Waals surface area contributed by atoms with Crippen LogP contribution in [0, 0.1) is 5.92 Å². The van der Waals surface area contributed by atoms with Crippen LogP contribution in [0.3, 0.4) is 0 Å². The Labute approximate surface area is 65.7 Å². The third-order valence-electron chi connectivity index (χ3n) is 2.01. The van der Waals surface area contributed by atoms with Gasteiger partial charge in [-0.3, -0.25) is 9.59 Å². The van der Waals surface area contributed by atoms with Gasteiger partial charge in [0, 0.05) is 6.42 Å². The fourth-order valence-corrected chi connectivity index (χ4v) is 1.24. The molecule has 11 heavy (non-hydrogen) atoms. The van der Waals surface area contributed by atoms with E-state index in [1.54, 1.807) is 0 Å². The summed E-state index contributed by atoms with van der Waals surface area (Å²) in [4.78, 5) is 21.8. The number of esters is 1. The molecule has 1 rings (SSSR count). The molecule has 62 valence electrons. The van der Waals surface area contributed by atoms with Crippen molar-refractivity contribution >= 4 is 11.8 Å². The molecule has 0 bridgehead atoms. The molecule has 0 radical (unpaired) electrons. The Hall–Kier alpha value is -0.860. The van der Waals surface area contributed by atoms with Crippen LogP contribution in [0.1, 0.15) is 26.7 Å². The van der Waals surface area contributed by atoms with E-state index < -0.39 is 5.92 Å². The van der Waals surface area contributed by atoms with Crippen LogP contribution in [0.15, 0.2) is 0 Å². The number of hydrogen-bond donors (Lipinski definition) is 0. The first-order valence-corrected chi connectivity index (χ1v) is 3.86. The fraction of sp³-hybridized carbons (Fsp3) is 0.750. The molecule has 3 nitrogen and oxygen atoms in total. The molecule has 0 unspecified atom stereocenters. The van der Waals surface area contributed by atoms with E-state index in [2.05, 4.69) is 0 Å². The Morgan fingerprint density at radius 3 is 2.64 bits per heavy atom. The van der Waals surface area contributed by atoms with Crippen LogP contribution < -0.4 is 0 Å². The summed E-state index contributed by atoms with van der Waals surface area (Å²) in [5.74, 6) is -0.907. The van der Waals surface area contributed by atoms with Crippen molar-refractivity contribution in [3.05, 3.63) is 0 Å². The van der Waals surface area contributed by atoms with Crippen LogP contribution in [0.2, 0.25) is 0 Å². The van der Waals surface area contributed by atoms with Gasteiger partial charge < -0.3 is 4.74 Å². The summed E-state index contributed by atoms with van der Waals surface area (Å²) in [6.45, 7) is 3.38. The van der Waals surface area contributed by atoms with E-state index in [9.17, 15) is 9.59 Å². The molecule has 0 aromatic rings. The topological polar surface area (TPSA) is 43.4 Å². The zero-order chi connectivity index (χ0) is 8.43. The van der Waals surface area contributed by atoms with Crippen LogP contribution in [0.4, 0.5) is 0 Å². The number of cyclic esters (lactones) is 1. The maximum absolute atomic E-state index is 10.9. The largest absolute Gasteiger partial charge is 0.462 e. The SMILES string of the molecule is CC[C@@H]1C[C@H](C(C)=O)C(=O)O1. The fourth-order valence-electron chi connectivity index (χ4n) is 1.24. The van der Waals surface area contributed by atoms with Gasteiger partial charge in [-0.15, -0.1) is 0 Å². The number of hydrogen-bond acceptors (Lipinski definition) is 3. The number of ketones is 1. The lowest BCUT2D eigenvalue weighted by atomic mass is 10.0. The van der Waals surface area contributed by atoms with Crippen LogP contribution in [-0.2, 0) is 14.3 Å². The van der Waals surface area contributed by atoms with E-state index in [0.29, 0.717) is 6.42 Å². The van der Waals surface area contributed by atoms with Crippen molar-refractivity contribution in [2.45, 2.75) is 32.8 Å². The summed E-state index contributed by atoms with van der Waals surface area (Å²) in [6, 6.07) is 0. The minimum absolute atomic E-state index is 0.0311. The lowest BCUT2D eigenvalue weighted by Crippen LogP contribution is -2.15. The number of carbonyl (C=O) groups is 2. The molecule has 1 saturated heterocycles. The van der Waals surface area contributed by atoms with E-state index in [4.69, 9.17) is 4.74 Å². The Morgan fingerprint density at radius 1 is 1.73 bits per heavy atom. The van der Waals surface area contributed by atoms with E-state index in [0.717, 1.165) is 6.42 Å². The van der Waals surface area contributed by atoms with Crippen molar-refractivity contribution in [2.24, 2.45) is 5.92 Å². The van der Waals surface area contributed by atoms with E-state index in [1.165, 1.54) is 6.92 Å². The number of rotatable bonds is 2. The normalized spacial score (nSPS) is 30.2. The smallest absolute Gasteiger partial charge is 0.316 e. The van der Waals surface area contributed by atoms with Crippen LogP contribution in [0.25, 0.3) is 0 Å². The average molecular weight is 156 g/mol. The van der Waals surface area contributed by atoms with Gasteiger partial charge in [-0.05, 0) is 13.3 Å². The van der Waals surface area contributed by atoms with E-state index >= 15 is 0 Å². The van der Waals surface area contributed by atoms with Gasteiger partial charge >= 0.3 is 5.97 Å². The highest BCUT2D eigenvalue weighted by Crippen LogP contribution is 2.23.